The lowest BCUT2D eigenvalue weighted by Gasteiger charge is -2.43. The Bertz CT molecular complexity index is 197. The third-order valence-electron chi connectivity index (χ3n) is 4.16. The smallest absolute Gasteiger partial charge is 0.0240 e. The van der Waals surface area contributed by atoms with Crippen molar-refractivity contribution in [3.05, 3.63) is 0 Å². The Balaban J connectivity index is 2.62. The molecule has 0 spiro atoms. The van der Waals surface area contributed by atoms with Gasteiger partial charge in [0.25, 0.3) is 0 Å². The Morgan fingerprint density at radius 1 is 1.19 bits per heavy atom. The second-order valence-corrected chi connectivity index (χ2v) is 6.53. The Hall–Kier alpha value is -0.0800. The predicted molar refractivity (Wildman–Crippen MR) is 71.8 cm³/mol. The molecule has 16 heavy (non-hydrogen) atoms. The van der Waals surface area contributed by atoms with Gasteiger partial charge in [-0.15, -0.1) is 0 Å². The highest BCUT2D eigenvalue weighted by molar-refractivity contribution is 4.87. The maximum atomic E-state index is 3.49. The van der Waals surface area contributed by atoms with Gasteiger partial charge in [-0.3, -0.25) is 4.90 Å². The average Bonchev–Trinajstić information content (AvgIpc) is 2.15. The first-order valence-corrected chi connectivity index (χ1v) is 6.79. The lowest BCUT2D eigenvalue weighted by molar-refractivity contribution is 0.0715. The molecular formula is C14H30N2. The van der Waals surface area contributed by atoms with Crippen LogP contribution in [0.2, 0.25) is 0 Å². The molecule has 0 aliphatic carbocycles. The van der Waals surface area contributed by atoms with E-state index in [0.717, 1.165) is 12.1 Å². The molecule has 2 heteroatoms. The highest BCUT2D eigenvalue weighted by Gasteiger charge is 2.31. The van der Waals surface area contributed by atoms with Crippen LogP contribution in [0.5, 0.6) is 0 Å². The number of likely N-dealkylation sites (N-methyl/N-ethyl adjacent to an activating group) is 1. The second kappa shape index (κ2) is 5.50. The van der Waals surface area contributed by atoms with Crippen LogP contribution in [0.4, 0.5) is 0 Å². The summed E-state index contributed by atoms with van der Waals surface area (Å²) in [7, 11) is 2.09. The zero-order chi connectivity index (χ0) is 12.3. The van der Waals surface area contributed by atoms with Gasteiger partial charge >= 0.3 is 0 Å². The van der Waals surface area contributed by atoms with Crippen molar-refractivity contribution in [2.24, 2.45) is 5.41 Å². The number of rotatable bonds is 3. The number of piperidine rings is 1. The van der Waals surface area contributed by atoms with Crippen LogP contribution in [0.25, 0.3) is 0 Å². The molecule has 0 aromatic carbocycles. The maximum Gasteiger partial charge on any atom is 0.0240 e. The minimum atomic E-state index is 0.339. The molecule has 1 saturated heterocycles. The average molecular weight is 226 g/mol. The molecule has 1 aliphatic heterocycles. The van der Waals surface area contributed by atoms with E-state index in [-0.39, 0.29) is 0 Å². The van der Waals surface area contributed by atoms with Gasteiger partial charge in [-0.25, -0.2) is 0 Å². The van der Waals surface area contributed by atoms with Gasteiger partial charge in [0.15, 0.2) is 0 Å². The van der Waals surface area contributed by atoms with Crippen LogP contribution in [0.3, 0.4) is 0 Å². The highest BCUT2D eigenvalue weighted by atomic mass is 15.2. The predicted octanol–water partition coefficient (Wildman–Crippen LogP) is 2.88. The van der Waals surface area contributed by atoms with Crippen molar-refractivity contribution < 1.29 is 0 Å². The van der Waals surface area contributed by atoms with Crippen molar-refractivity contribution >= 4 is 0 Å². The van der Waals surface area contributed by atoms with E-state index < -0.39 is 0 Å². The Kier molecular flexibility index (Phi) is 4.81. The molecule has 1 heterocycles. The molecule has 3 atom stereocenters. The molecule has 0 saturated carbocycles. The fourth-order valence-electron chi connectivity index (χ4n) is 2.84. The summed E-state index contributed by atoms with van der Waals surface area (Å²) in [6.07, 6.45) is 4.13. The van der Waals surface area contributed by atoms with Gasteiger partial charge in [-0.05, 0) is 39.2 Å². The SMILES string of the molecule is CNC(CN1C(C)CCCC1C)C(C)(C)C. The van der Waals surface area contributed by atoms with Crippen LogP contribution in [-0.2, 0) is 0 Å². The highest BCUT2D eigenvalue weighted by Crippen LogP contribution is 2.26. The van der Waals surface area contributed by atoms with E-state index in [9.17, 15) is 0 Å². The molecule has 1 aliphatic rings. The van der Waals surface area contributed by atoms with Crippen LogP contribution in [0.1, 0.15) is 53.9 Å². The summed E-state index contributed by atoms with van der Waals surface area (Å²) in [6.45, 7) is 12.9. The first-order valence-electron chi connectivity index (χ1n) is 6.79. The summed E-state index contributed by atoms with van der Waals surface area (Å²) in [6, 6.07) is 2.08. The molecule has 3 unspecified atom stereocenters. The summed E-state index contributed by atoms with van der Waals surface area (Å²) in [5, 5.41) is 3.49. The van der Waals surface area contributed by atoms with E-state index in [2.05, 4.69) is 51.9 Å². The molecule has 2 nitrogen and oxygen atoms in total. The van der Waals surface area contributed by atoms with Crippen molar-refractivity contribution in [2.75, 3.05) is 13.6 Å². The Morgan fingerprint density at radius 3 is 2.06 bits per heavy atom. The fourth-order valence-corrected chi connectivity index (χ4v) is 2.84. The largest absolute Gasteiger partial charge is 0.315 e. The molecule has 0 bridgehead atoms. The lowest BCUT2D eigenvalue weighted by atomic mass is 9.85. The number of hydrogen-bond acceptors (Lipinski definition) is 2. The summed E-state index contributed by atoms with van der Waals surface area (Å²) >= 11 is 0. The molecule has 1 N–H and O–H groups in total. The van der Waals surface area contributed by atoms with Crippen molar-refractivity contribution in [2.45, 2.75) is 72.0 Å². The van der Waals surface area contributed by atoms with Gasteiger partial charge < -0.3 is 5.32 Å². The zero-order valence-corrected chi connectivity index (χ0v) is 12.0. The minimum Gasteiger partial charge on any atom is -0.315 e. The molecule has 1 rings (SSSR count). The maximum absolute atomic E-state index is 3.49. The van der Waals surface area contributed by atoms with Gasteiger partial charge in [-0.1, -0.05) is 27.2 Å². The van der Waals surface area contributed by atoms with E-state index in [4.69, 9.17) is 0 Å². The number of hydrogen-bond donors (Lipinski definition) is 1. The number of likely N-dealkylation sites (tertiary alicyclic amines) is 1. The third-order valence-corrected chi connectivity index (χ3v) is 4.16. The van der Waals surface area contributed by atoms with Crippen LogP contribution in [0, 0.1) is 5.41 Å². The van der Waals surface area contributed by atoms with Crippen LogP contribution in [-0.4, -0.2) is 36.6 Å². The normalized spacial score (nSPS) is 30.4. The summed E-state index contributed by atoms with van der Waals surface area (Å²) < 4.78 is 0. The van der Waals surface area contributed by atoms with Crippen molar-refractivity contribution in [1.82, 2.24) is 10.2 Å². The van der Waals surface area contributed by atoms with E-state index in [1.807, 2.05) is 0 Å². The topological polar surface area (TPSA) is 15.3 Å². The first-order chi connectivity index (χ1) is 7.36. The van der Waals surface area contributed by atoms with E-state index in [0.29, 0.717) is 11.5 Å². The number of nitrogens with one attached hydrogen (secondary N) is 1. The summed E-state index contributed by atoms with van der Waals surface area (Å²) in [4.78, 5) is 2.69. The van der Waals surface area contributed by atoms with Gasteiger partial charge in [0.2, 0.25) is 0 Å². The second-order valence-electron chi connectivity index (χ2n) is 6.53. The van der Waals surface area contributed by atoms with Gasteiger partial charge in [0.05, 0.1) is 0 Å². The fraction of sp³-hybridized carbons (Fsp3) is 1.00. The Labute approximate surface area is 102 Å². The van der Waals surface area contributed by atoms with E-state index in [1.165, 1.54) is 25.8 Å². The minimum absolute atomic E-state index is 0.339. The van der Waals surface area contributed by atoms with Gasteiger partial charge in [-0.2, -0.15) is 0 Å². The van der Waals surface area contributed by atoms with Crippen molar-refractivity contribution in [3.63, 3.8) is 0 Å². The zero-order valence-electron chi connectivity index (χ0n) is 12.0. The van der Waals surface area contributed by atoms with E-state index >= 15 is 0 Å². The summed E-state index contributed by atoms with van der Waals surface area (Å²) in [5.41, 5.74) is 0.339. The first kappa shape index (κ1) is 14.0. The van der Waals surface area contributed by atoms with Crippen molar-refractivity contribution in [3.8, 4) is 0 Å². The molecule has 96 valence electrons. The van der Waals surface area contributed by atoms with Crippen LogP contribution < -0.4 is 5.32 Å². The molecular weight excluding hydrogens is 196 g/mol. The van der Waals surface area contributed by atoms with Crippen LogP contribution in [0.15, 0.2) is 0 Å². The quantitative estimate of drug-likeness (QED) is 0.796. The lowest BCUT2D eigenvalue weighted by Crippen LogP contribution is -2.53. The molecule has 1 fully saturated rings. The molecule has 0 radical (unpaired) electrons. The van der Waals surface area contributed by atoms with E-state index in [1.54, 1.807) is 0 Å². The third kappa shape index (κ3) is 3.46. The number of nitrogens with zero attached hydrogens (tertiary/aromatic N) is 1. The van der Waals surface area contributed by atoms with Crippen molar-refractivity contribution in [1.29, 1.82) is 0 Å². The summed E-state index contributed by atoms with van der Waals surface area (Å²) in [5.74, 6) is 0. The monoisotopic (exact) mass is 226 g/mol. The standard InChI is InChI=1S/C14H30N2/c1-11-8-7-9-12(2)16(11)10-13(15-6)14(3,4)5/h11-13,15H,7-10H2,1-6H3. The van der Waals surface area contributed by atoms with Gasteiger partial charge in [0, 0.05) is 24.7 Å². The molecule has 0 aromatic heterocycles. The Morgan fingerprint density at radius 2 is 1.69 bits per heavy atom. The van der Waals surface area contributed by atoms with Crippen LogP contribution >= 0.6 is 0 Å². The molecule has 0 aromatic rings. The molecule has 0 amide bonds. The van der Waals surface area contributed by atoms with Gasteiger partial charge in [0.1, 0.15) is 0 Å².